The first-order valence-electron chi connectivity index (χ1n) is 12.5. The van der Waals surface area contributed by atoms with Crippen molar-refractivity contribution in [2.24, 2.45) is 5.41 Å². The molecule has 35 heavy (non-hydrogen) atoms. The van der Waals surface area contributed by atoms with Gasteiger partial charge in [0.15, 0.2) is 0 Å². The molecule has 10 heteroatoms. The highest BCUT2D eigenvalue weighted by atomic mass is 19.1. The van der Waals surface area contributed by atoms with Crippen molar-refractivity contribution in [2.45, 2.75) is 38.7 Å². The molecule has 3 aliphatic heterocycles. The number of hydrogen-bond acceptors (Lipinski definition) is 7. The van der Waals surface area contributed by atoms with Crippen LogP contribution < -0.4 is 10.2 Å². The van der Waals surface area contributed by atoms with Gasteiger partial charge < -0.3 is 24.6 Å². The molecule has 0 aromatic heterocycles. The first-order chi connectivity index (χ1) is 16.9. The van der Waals surface area contributed by atoms with E-state index in [1.165, 1.54) is 12.1 Å². The van der Waals surface area contributed by atoms with E-state index in [0.717, 1.165) is 44.8 Å². The van der Waals surface area contributed by atoms with E-state index < -0.39 is 11.5 Å². The molecule has 4 rings (SSSR count). The highest BCUT2D eigenvalue weighted by Crippen LogP contribution is 2.43. The van der Waals surface area contributed by atoms with Gasteiger partial charge in [-0.25, -0.2) is 9.18 Å². The lowest BCUT2D eigenvalue weighted by atomic mass is 9.75. The number of alkyl carbamates (subject to hydrolysis) is 1. The summed E-state index contributed by atoms with van der Waals surface area (Å²) in [5.74, 6) is -0.532. The Labute approximate surface area is 205 Å². The minimum absolute atomic E-state index is 0.0923. The number of amides is 2. The number of rotatable bonds is 7. The lowest BCUT2D eigenvalue weighted by molar-refractivity contribution is -0.152. The summed E-state index contributed by atoms with van der Waals surface area (Å²) in [6.45, 7) is 7.29. The number of anilines is 1. The SMILES string of the molecule is CCOC(=O)NCC(=O)N1CCC2(CC1)C[C@H](CCN1CCN(c3ccc(F)cc3)CC1)OC2=O. The van der Waals surface area contributed by atoms with Crippen LogP contribution in [0.25, 0.3) is 0 Å². The van der Waals surface area contributed by atoms with Crippen LogP contribution in [0.2, 0.25) is 0 Å². The summed E-state index contributed by atoms with van der Waals surface area (Å²) in [6.07, 6.45) is 1.98. The fraction of sp³-hybridized carbons (Fsp3) is 0.640. The average Bonchev–Trinajstić information content (AvgIpc) is 3.17. The summed E-state index contributed by atoms with van der Waals surface area (Å²) in [6, 6.07) is 6.62. The standard InChI is InChI=1S/C25H35FN4O5/c1-2-34-24(33)27-18-22(31)30-11-8-25(9-12-30)17-21(35-23(25)32)7-10-28-13-15-29(16-14-28)20-5-3-19(26)4-6-20/h3-6,21H,2,7-18H2,1H3,(H,27,33)/t21-/m0/s1. The maximum Gasteiger partial charge on any atom is 0.407 e. The van der Waals surface area contributed by atoms with Crippen molar-refractivity contribution < 1.29 is 28.2 Å². The number of esters is 1. The molecule has 1 atom stereocenters. The fourth-order valence-corrected chi connectivity index (χ4v) is 5.24. The number of hydrogen-bond donors (Lipinski definition) is 1. The van der Waals surface area contributed by atoms with Gasteiger partial charge in [-0.2, -0.15) is 0 Å². The monoisotopic (exact) mass is 490 g/mol. The third-order valence-corrected chi connectivity index (χ3v) is 7.39. The van der Waals surface area contributed by atoms with E-state index in [1.54, 1.807) is 11.8 Å². The van der Waals surface area contributed by atoms with E-state index in [0.29, 0.717) is 32.4 Å². The summed E-state index contributed by atoms with van der Waals surface area (Å²) in [5.41, 5.74) is 0.538. The highest BCUT2D eigenvalue weighted by molar-refractivity contribution is 5.83. The van der Waals surface area contributed by atoms with Crippen molar-refractivity contribution in [1.82, 2.24) is 15.1 Å². The van der Waals surface area contributed by atoms with Crippen LogP contribution in [0, 0.1) is 11.2 Å². The van der Waals surface area contributed by atoms with Crippen LogP contribution in [0.3, 0.4) is 0 Å². The summed E-state index contributed by atoms with van der Waals surface area (Å²) >= 11 is 0. The highest BCUT2D eigenvalue weighted by Gasteiger charge is 2.50. The van der Waals surface area contributed by atoms with Gasteiger partial charge in [0.2, 0.25) is 5.91 Å². The Morgan fingerprint density at radius 3 is 2.46 bits per heavy atom. The zero-order chi connectivity index (χ0) is 24.8. The molecule has 1 spiro atoms. The lowest BCUT2D eigenvalue weighted by Crippen LogP contribution is -2.48. The van der Waals surface area contributed by atoms with Crippen LogP contribution in [0.1, 0.15) is 32.6 Å². The Balaban J connectivity index is 1.17. The number of halogens is 1. The van der Waals surface area contributed by atoms with Crippen molar-refractivity contribution in [2.75, 3.05) is 63.9 Å². The Morgan fingerprint density at radius 2 is 1.80 bits per heavy atom. The molecule has 192 valence electrons. The van der Waals surface area contributed by atoms with Crippen molar-refractivity contribution in [3.63, 3.8) is 0 Å². The third kappa shape index (κ3) is 6.22. The fourth-order valence-electron chi connectivity index (χ4n) is 5.24. The predicted molar refractivity (Wildman–Crippen MR) is 127 cm³/mol. The molecule has 3 aliphatic rings. The molecule has 3 saturated heterocycles. The number of nitrogens with zero attached hydrogens (tertiary/aromatic N) is 3. The third-order valence-electron chi connectivity index (χ3n) is 7.39. The van der Waals surface area contributed by atoms with E-state index >= 15 is 0 Å². The molecule has 9 nitrogen and oxygen atoms in total. The van der Waals surface area contributed by atoms with Crippen molar-refractivity contribution in [3.8, 4) is 0 Å². The molecular weight excluding hydrogens is 455 g/mol. The first kappa shape index (κ1) is 25.2. The molecule has 0 aliphatic carbocycles. The maximum atomic E-state index is 13.2. The van der Waals surface area contributed by atoms with Gasteiger partial charge in [-0.3, -0.25) is 14.5 Å². The van der Waals surface area contributed by atoms with E-state index in [-0.39, 0.29) is 36.9 Å². The van der Waals surface area contributed by atoms with E-state index in [1.807, 2.05) is 12.1 Å². The van der Waals surface area contributed by atoms with Gasteiger partial charge in [-0.1, -0.05) is 0 Å². The van der Waals surface area contributed by atoms with Gasteiger partial charge in [0, 0.05) is 57.9 Å². The smallest absolute Gasteiger partial charge is 0.407 e. The van der Waals surface area contributed by atoms with Crippen LogP contribution >= 0.6 is 0 Å². The number of carbonyl (C=O) groups excluding carboxylic acids is 3. The van der Waals surface area contributed by atoms with Gasteiger partial charge in [0.1, 0.15) is 18.5 Å². The van der Waals surface area contributed by atoms with Crippen molar-refractivity contribution in [1.29, 1.82) is 0 Å². The number of benzene rings is 1. The molecule has 3 fully saturated rings. The molecule has 2 amide bonds. The summed E-state index contributed by atoms with van der Waals surface area (Å²) in [7, 11) is 0. The Hall–Kier alpha value is -2.88. The zero-order valence-corrected chi connectivity index (χ0v) is 20.3. The molecule has 0 saturated carbocycles. The largest absolute Gasteiger partial charge is 0.462 e. The van der Waals surface area contributed by atoms with Crippen LogP contribution in [0.4, 0.5) is 14.9 Å². The van der Waals surface area contributed by atoms with Gasteiger partial charge >= 0.3 is 12.1 Å². The molecule has 0 unspecified atom stereocenters. The zero-order valence-electron chi connectivity index (χ0n) is 20.3. The summed E-state index contributed by atoms with van der Waals surface area (Å²) in [5, 5.41) is 2.45. The second-order valence-electron chi connectivity index (χ2n) is 9.56. The number of likely N-dealkylation sites (tertiary alicyclic amines) is 1. The van der Waals surface area contributed by atoms with Gasteiger partial charge in [0.05, 0.1) is 12.0 Å². The lowest BCUT2D eigenvalue weighted by Gasteiger charge is -2.37. The molecule has 1 aromatic carbocycles. The van der Waals surface area contributed by atoms with Crippen LogP contribution in [-0.2, 0) is 19.1 Å². The molecule has 1 N–H and O–H groups in total. The number of ether oxygens (including phenoxy) is 2. The summed E-state index contributed by atoms with van der Waals surface area (Å²) in [4.78, 5) is 42.9. The molecule has 0 bridgehead atoms. The van der Waals surface area contributed by atoms with Gasteiger partial charge in [-0.15, -0.1) is 0 Å². The van der Waals surface area contributed by atoms with E-state index in [2.05, 4.69) is 15.1 Å². The molecule has 1 aromatic rings. The van der Waals surface area contributed by atoms with Crippen molar-refractivity contribution >= 4 is 23.7 Å². The Bertz CT molecular complexity index is 896. The second kappa shape index (κ2) is 11.2. The minimum Gasteiger partial charge on any atom is -0.462 e. The number of cyclic esters (lactones) is 1. The number of piperazine rings is 1. The van der Waals surface area contributed by atoms with Gasteiger partial charge in [-0.05, 0) is 50.5 Å². The minimum atomic E-state index is -0.603. The maximum absolute atomic E-state index is 13.2. The Morgan fingerprint density at radius 1 is 1.11 bits per heavy atom. The molecule has 0 radical (unpaired) electrons. The first-order valence-corrected chi connectivity index (χ1v) is 12.5. The molecule has 3 heterocycles. The van der Waals surface area contributed by atoms with Crippen LogP contribution in [0.5, 0.6) is 0 Å². The summed E-state index contributed by atoms with van der Waals surface area (Å²) < 4.78 is 23.7. The van der Waals surface area contributed by atoms with Gasteiger partial charge in [0.25, 0.3) is 0 Å². The normalized spacial score (nSPS) is 22.2. The van der Waals surface area contributed by atoms with E-state index in [4.69, 9.17) is 9.47 Å². The quantitative estimate of drug-likeness (QED) is 0.585. The number of piperidine rings is 1. The second-order valence-corrected chi connectivity index (χ2v) is 9.56. The Kier molecular flexibility index (Phi) is 8.10. The topological polar surface area (TPSA) is 91.4 Å². The number of nitrogens with one attached hydrogen (secondary N) is 1. The van der Waals surface area contributed by atoms with E-state index in [9.17, 15) is 18.8 Å². The van der Waals surface area contributed by atoms with Crippen LogP contribution in [-0.4, -0.2) is 92.8 Å². The molecular formula is C25H35FN4O5. The van der Waals surface area contributed by atoms with Crippen molar-refractivity contribution in [3.05, 3.63) is 30.1 Å². The average molecular weight is 491 g/mol. The van der Waals surface area contributed by atoms with Crippen LogP contribution in [0.15, 0.2) is 24.3 Å². The predicted octanol–water partition coefficient (Wildman–Crippen LogP) is 2.01. The number of carbonyl (C=O) groups is 3.